The molecular weight excluding hydrogens is 222 g/mol. The Morgan fingerprint density at radius 3 is 2.83 bits per heavy atom. The molecule has 0 aliphatic heterocycles. The number of anilines is 1. The molecule has 0 saturated carbocycles. The minimum Gasteiger partial charge on any atom is -0.359 e. The zero-order chi connectivity index (χ0) is 13.0. The van der Waals surface area contributed by atoms with E-state index in [0.29, 0.717) is 12.1 Å². The molecule has 3 nitrogen and oxygen atoms in total. The summed E-state index contributed by atoms with van der Waals surface area (Å²) in [7, 11) is 0. The van der Waals surface area contributed by atoms with Crippen LogP contribution in [0.1, 0.15) is 12.5 Å². The highest BCUT2D eigenvalue weighted by Gasteiger charge is 2.13. The summed E-state index contributed by atoms with van der Waals surface area (Å²) in [5.41, 5.74) is 2.32. The molecule has 0 atom stereocenters. The number of aromatic nitrogens is 1. The van der Waals surface area contributed by atoms with E-state index >= 15 is 0 Å². The van der Waals surface area contributed by atoms with Crippen molar-refractivity contribution in [2.45, 2.75) is 6.92 Å². The van der Waals surface area contributed by atoms with Gasteiger partial charge in [0.1, 0.15) is 6.07 Å². The zero-order valence-corrected chi connectivity index (χ0v) is 10.2. The molecule has 88 valence electrons. The van der Waals surface area contributed by atoms with Gasteiger partial charge >= 0.3 is 0 Å². The molecule has 2 aromatic rings. The third kappa shape index (κ3) is 1.99. The van der Waals surface area contributed by atoms with Gasteiger partial charge in [0.15, 0.2) is 0 Å². The number of hydrogen-bond acceptors (Lipinski definition) is 3. The lowest BCUT2D eigenvalue weighted by molar-refractivity contribution is 0.920. The Kier molecular flexibility index (Phi) is 3.46. The Bertz CT molecular complexity index is 647. The Morgan fingerprint density at radius 1 is 1.39 bits per heavy atom. The second-order valence-electron chi connectivity index (χ2n) is 3.87. The van der Waals surface area contributed by atoms with Crippen LogP contribution < -0.4 is 4.90 Å². The smallest absolute Gasteiger partial charge is 0.103 e. The molecule has 1 aromatic carbocycles. The fraction of sp³-hybridized carbons (Fsp3) is 0.200. The molecule has 0 unspecified atom stereocenters. The van der Waals surface area contributed by atoms with E-state index in [-0.39, 0.29) is 0 Å². The highest BCUT2D eigenvalue weighted by Crippen LogP contribution is 2.28. The molecule has 0 N–H and O–H groups in total. The van der Waals surface area contributed by atoms with E-state index in [9.17, 15) is 5.26 Å². The molecule has 0 spiro atoms. The fourth-order valence-corrected chi connectivity index (χ4v) is 2.01. The van der Waals surface area contributed by atoms with Gasteiger partial charge in [-0.3, -0.25) is 4.98 Å². The molecule has 0 radical (unpaired) electrons. The summed E-state index contributed by atoms with van der Waals surface area (Å²) in [5.74, 6) is 2.63. The van der Waals surface area contributed by atoms with Gasteiger partial charge in [-0.05, 0) is 13.0 Å². The summed E-state index contributed by atoms with van der Waals surface area (Å²) in [5, 5.41) is 10.2. The lowest BCUT2D eigenvalue weighted by atomic mass is 10.1. The summed E-state index contributed by atoms with van der Waals surface area (Å²) in [6, 6.07) is 9.97. The number of nitrogens with zero attached hydrogens (tertiary/aromatic N) is 3. The molecule has 0 amide bonds. The minimum absolute atomic E-state index is 0.485. The molecular formula is C15H13N3. The molecule has 18 heavy (non-hydrogen) atoms. The molecule has 0 aliphatic carbocycles. The maximum absolute atomic E-state index is 9.22. The number of terminal acetylenes is 1. The van der Waals surface area contributed by atoms with Crippen LogP contribution in [0.2, 0.25) is 0 Å². The van der Waals surface area contributed by atoms with Crippen molar-refractivity contribution in [2.24, 2.45) is 0 Å². The van der Waals surface area contributed by atoms with Gasteiger partial charge in [-0.25, -0.2) is 0 Å². The molecule has 0 saturated heterocycles. The molecule has 2 rings (SSSR count). The van der Waals surface area contributed by atoms with E-state index < -0.39 is 0 Å². The van der Waals surface area contributed by atoms with Crippen molar-refractivity contribution >= 4 is 16.6 Å². The Morgan fingerprint density at radius 2 is 2.17 bits per heavy atom. The van der Waals surface area contributed by atoms with Crippen LogP contribution in [0.5, 0.6) is 0 Å². The van der Waals surface area contributed by atoms with Crippen molar-refractivity contribution in [1.82, 2.24) is 4.98 Å². The predicted octanol–water partition coefficient (Wildman–Crippen LogP) is 2.57. The number of nitriles is 1. The van der Waals surface area contributed by atoms with Crippen LogP contribution in [-0.2, 0) is 0 Å². The van der Waals surface area contributed by atoms with Crippen LogP contribution in [0, 0.1) is 23.7 Å². The Balaban J connectivity index is 2.73. The van der Waals surface area contributed by atoms with Crippen molar-refractivity contribution in [3.63, 3.8) is 0 Å². The van der Waals surface area contributed by atoms with Crippen molar-refractivity contribution < 1.29 is 0 Å². The van der Waals surface area contributed by atoms with Crippen LogP contribution in [-0.4, -0.2) is 18.1 Å². The van der Waals surface area contributed by atoms with Crippen molar-refractivity contribution in [2.75, 3.05) is 18.0 Å². The average molecular weight is 235 g/mol. The van der Waals surface area contributed by atoms with Gasteiger partial charge in [0.2, 0.25) is 0 Å². The van der Waals surface area contributed by atoms with E-state index in [1.807, 2.05) is 36.1 Å². The molecule has 0 aliphatic rings. The first-order valence-electron chi connectivity index (χ1n) is 5.78. The molecule has 1 heterocycles. The quantitative estimate of drug-likeness (QED) is 0.768. The van der Waals surface area contributed by atoms with E-state index in [2.05, 4.69) is 17.0 Å². The van der Waals surface area contributed by atoms with Crippen LogP contribution in [0.3, 0.4) is 0 Å². The third-order valence-electron chi connectivity index (χ3n) is 2.85. The van der Waals surface area contributed by atoms with Crippen LogP contribution in [0.25, 0.3) is 10.9 Å². The summed E-state index contributed by atoms with van der Waals surface area (Å²) in [6.07, 6.45) is 7.00. The average Bonchev–Trinajstić information content (AvgIpc) is 2.43. The number of benzene rings is 1. The first kappa shape index (κ1) is 12.0. The van der Waals surface area contributed by atoms with Crippen LogP contribution >= 0.6 is 0 Å². The van der Waals surface area contributed by atoms with Gasteiger partial charge in [-0.2, -0.15) is 5.26 Å². The highest BCUT2D eigenvalue weighted by atomic mass is 15.1. The maximum Gasteiger partial charge on any atom is 0.103 e. The number of para-hydroxylation sites is 1. The van der Waals surface area contributed by atoms with Gasteiger partial charge < -0.3 is 4.90 Å². The first-order chi connectivity index (χ1) is 8.81. The largest absolute Gasteiger partial charge is 0.359 e. The molecule has 1 aromatic heterocycles. The number of pyridine rings is 1. The second-order valence-corrected chi connectivity index (χ2v) is 3.87. The molecule has 3 heteroatoms. The highest BCUT2D eigenvalue weighted by molar-refractivity contribution is 5.94. The van der Waals surface area contributed by atoms with Crippen LogP contribution in [0.15, 0.2) is 30.5 Å². The first-order valence-corrected chi connectivity index (χ1v) is 5.78. The topological polar surface area (TPSA) is 39.9 Å². The van der Waals surface area contributed by atoms with Gasteiger partial charge in [-0.15, -0.1) is 6.42 Å². The SMILES string of the molecule is C#CCN(CC)c1c(C#N)cnc2ccccc12. The monoisotopic (exact) mass is 235 g/mol. The van der Waals surface area contributed by atoms with Crippen molar-refractivity contribution in [3.8, 4) is 18.4 Å². The summed E-state index contributed by atoms with van der Waals surface area (Å²) in [4.78, 5) is 6.31. The van der Waals surface area contributed by atoms with Gasteiger partial charge in [0.25, 0.3) is 0 Å². The van der Waals surface area contributed by atoms with E-state index in [0.717, 1.165) is 23.1 Å². The van der Waals surface area contributed by atoms with Gasteiger partial charge in [-0.1, -0.05) is 24.1 Å². The lowest BCUT2D eigenvalue weighted by Gasteiger charge is -2.23. The minimum atomic E-state index is 0.485. The van der Waals surface area contributed by atoms with E-state index in [4.69, 9.17) is 6.42 Å². The Hall–Kier alpha value is -2.52. The van der Waals surface area contributed by atoms with Crippen molar-refractivity contribution in [3.05, 3.63) is 36.0 Å². The van der Waals surface area contributed by atoms with Crippen LogP contribution in [0.4, 0.5) is 5.69 Å². The summed E-state index contributed by atoms with van der Waals surface area (Å²) < 4.78 is 0. The summed E-state index contributed by atoms with van der Waals surface area (Å²) in [6.45, 7) is 3.26. The number of rotatable bonds is 3. The van der Waals surface area contributed by atoms with Crippen molar-refractivity contribution in [1.29, 1.82) is 5.26 Å². The second kappa shape index (κ2) is 5.21. The predicted molar refractivity (Wildman–Crippen MR) is 73.2 cm³/mol. The number of hydrogen-bond donors (Lipinski definition) is 0. The normalized spacial score (nSPS) is 9.72. The molecule has 0 fully saturated rings. The van der Waals surface area contributed by atoms with Gasteiger partial charge in [0.05, 0.1) is 23.3 Å². The number of fused-ring (bicyclic) bond motifs is 1. The van der Waals surface area contributed by atoms with Gasteiger partial charge in [0, 0.05) is 18.1 Å². The fourth-order valence-electron chi connectivity index (χ4n) is 2.01. The third-order valence-corrected chi connectivity index (χ3v) is 2.85. The lowest BCUT2D eigenvalue weighted by Crippen LogP contribution is -2.24. The zero-order valence-electron chi connectivity index (χ0n) is 10.2. The van der Waals surface area contributed by atoms with E-state index in [1.165, 1.54) is 0 Å². The molecule has 0 bridgehead atoms. The standard InChI is InChI=1S/C15H13N3/c1-3-9-18(4-2)15-12(10-16)11-17-14-8-6-5-7-13(14)15/h1,5-8,11H,4,9H2,2H3. The Labute approximate surface area is 107 Å². The maximum atomic E-state index is 9.22. The summed E-state index contributed by atoms with van der Waals surface area (Å²) >= 11 is 0. The van der Waals surface area contributed by atoms with E-state index in [1.54, 1.807) is 6.20 Å².